The molecule has 2 aromatic heterocycles. The van der Waals surface area contributed by atoms with Gasteiger partial charge in [0, 0.05) is 31.7 Å². The number of rotatable bonds is 2. The van der Waals surface area contributed by atoms with E-state index in [1.807, 2.05) is 11.8 Å². The first-order valence-corrected chi connectivity index (χ1v) is 8.77. The summed E-state index contributed by atoms with van der Waals surface area (Å²) in [5.41, 5.74) is 3.04. The van der Waals surface area contributed by atoms with Crippen LogP contribution in [0.5, 0.6) is 5.75 Å². The van der Waals surface area contributed by atoms with Gasteiger partial charge in [-0.25, -0.2) is 4.98 Å². The molecule has 1 amide bonds. The predicted octanol–water partition coefficient (Wildman–Crippen LogP) is 2.34. The second-order valence-corrected chi connectivity index (χ2v) is 6.70. The number of pyridine rings is 1. The molecular weight excluding hydrogens is 354 g/mol. The molecule has 1 aliphatic heterocycles. The number of aromatic hydroxyl groups is 1. The molecule has 1 saturated heterocycles. The first-order valence-electron chi connectivity index (χ1n) is 8.39. The van der Waals surface area contributed by atoms with Crippen molar-refractivity contribution in [2.75, 3.05) is 26.2 Å². The summed E-state index contributed by atoms with van der Waals surface area (Å²) in [6, 6.07) is 6.45. The largest absolute Gasteiger partial charge is 0.508 e. The number of phenols is 1. The molecule has 0 aliphatic carbocycles. The lowest BCUT2D eigenvalue weighted by atomic mass is 10.0. The standard InChI is InChI=1S/C18H18ClN5O2/c1-10-16-13(18(26)24-6-4-20-5-7-24)9-15(21-17(16)23-22-10)12-3-2-11(25)8-14(12)19/h2-3,8-9,20,25H,4-7H2,1H3,(H,21,22,23). The number of carbonyl (C=O) groups is 1. The Morgan fingerprint density at radius 1 is 1.27 bits per heavy atom. The number of benzene rings is 1. The van der Waals surface area contributed by atoms with E-state index in [0.29, 0.717) is 40.6 Å². The third-order valence-corrected chi connectivity index (χ3v) is 4.89. The van der Waals surface area contributed by atoms with E-state index >= 15 is 0 Å². The van der Waals surface area contributed by atoms with Crippen LogP contribution in [0.1, 0.15) is 16.1 Å². The summed E-state index contributed by atoms with van der Waals surface area (Å²) in [4.78, 5) is 19.6. The van der Waals surface area contributed by atoms with Crippen LogP contribution >= 0.6 is 11.6 Å². The molecule has 3 N–H and O–H groups in total. The fourth-order valence-electron chi connectivity index (χ4n) is 3.24. The van der Waals surface area contributed by atoms with Crippen molar-refractivity contribution >= 4 is 28.5 Å². The first-order chi connectivity index (χ1) is 12.5. The second-order valence-electron chi connectivity index (χ2n) is 6.29. The van der Waals surface area contributed by atoms with E-state index in [0.717, 1.165) is 24.2 Å². The minimum Gasteiger partial charge on any atom is -0.508 e. The number of hydrogen-bond donors (Lipinski definition) is 3. The van der Waals surface area contributed by atoms with Crippen LogP contribution in [0.4, 0.5) is 0 Å². The molecule has 3 heterocycles. The quantitative estimate of drug-likeness (QED) is 0.642. The molecule has 26 heavy (non-hydrogen) atoms. The van der Waals surface area contributed by atoms with E-state index in [4.69, 9.17) is 11.6 Å². The predicted molar refractivity (Wildman–Crippen MR) is 99.5 cm³/mol. The Bertz CT molecular complexity index is 995. The van der Waals surface area contributed by atoms with Crippen LogP contribution in [0.25, 0.3) is 22.3 Å². The van der Waals surface area contributed by atoms with E-state index < -0.39 is 0 Å². The number of piperazine rings is 1. The van der Waals surface area contributed by atoms with Crippen molar-refractivity contribution in [2.45, 2.75) is 6.92 Å². The highest BCUT2D eigenvalue weighted by Gasteiger charge is 2.24. The molecule has 7 nitrogen and oxygen atoms in total. The molecule has 8 heteroatoms. The van der Waals surface area contributed by atoms with Gasteiger partial charge in [0.05, 0.1) is 27.4 Å². The van der Waals surface area contributed by atoms with Gasteiger partial charge in [-0.2, -0.15) is 5.10 Å². The maximum absolute atomic E-state index is 13.1. The van der Waals surface area contributed by atoms with Crippen molar-refractivity contribution in [2.24, 2.45) is 0 Å². The summed E-state index contributed by atoms with van der Waals surface area (Å²) in [6.45, 7) is 4.73. The molecule has 1 fully saturated rings. The van der Waals surface area contributed by atoms with Gasteiger partial charge in [0.1, 0.15) is 5.75 Å². The smallest absolute Gasteiger partial charge is 0.254 e. The number of aromatic nitrogens is 3. The van der Waals surface area contributed by atoms with Gasteiger partial charge in [-0.1, -0.05) is 11.6 Å². The van der Waals surface area contributed by atoms with E-state index in [-0.39, 0.29) is 11.7 Å². The van der Waals surface area contributed by atoms with Gasteiger partial charge < -0.3 is 15.3 Å². The summed E-state index contributed by atoms with van der Waals surface area (Å²) in [7, 11) is 0. The number of fused-ring (bicyclic) bond motifs is 1. The minimum atomic E-state index is -0.0421. The normalized spacial score (nSPS) is 14.8. The van der Waals surface area contributed by atoms with Gasteiger partial charge in [0.25, 0.3) is 5.91 Å². The summed E-state index contributed by atoms with van der Waals surface area (Å²) in [5.74, 6) is 0.0360. The average molecular weight is 372 g/mol. The number of nitrogens with one attached hydrogen (secondary N) is 2. The Balaban J connectivity index is 1.87. The van der Waals surface area contributed by atoms with Crippen LogP contribution in [0.2, 0.25) is 5.02 Å². The Hall–Kier alpha value is -2.64. The van der Waals surface area contributed by atoms with Gasteiger partial charge in [0.2, 0.25) is 0 Å². The molecule has 0 saturated carbocycles. The fourth-order valence-corrected chi connectivity index (χ4v) is 3.51. The van der Waals surface area contributed by atoms with E-state index in [2.05, 4.69) is 20.5 Å². The molecule has 1 aliphatic rings. The lowest BCUT2D eigenvalue weighted by Crippen LogP contribution is -2.46. The number of amides is 1. The Labute approximate surface area is 155 Å². The van der Waals surface area contributed by atoms with Gasteiger partial charge in [-0.15, -0.1) is 0 Å². The Kier molecular flexibility index (Phi) is 4.26. The molecule has 4 rings (SSSR count). The van der Waals surface area contributed by atoms with Crippen LogP contribution < -0.4 is 5.32 Å². The van der Waals surface area contributed by atoms with Gasteiger partial charge in [-0.3, -0.25) is 9.89 Å². The number of hydrogen-bond acceptors (Lipinski definition) is 5. The minimum absolute atomic E-state index is 0.0421. The highest BCUT2D eigenvalue weighted by molar-refractivity contribution is 6.33. The third kappa shape index (κ3) is 2.89. The number of aryl methyl sites for hydroxylation is 1. The fraction of sp³-hybridized carbons (Fsp3) is 0.278. The topological polar surface area (TPSA) is 94.1 Å². The molecule has 1 aromatic carbocycles. The zero-order valence-corrected chi connectivity index (χ0v) is 15.0. The number of H-pyrrole nitrogens is 1. The van der Waals surface area contributed by atoms with Crippen molar-refractivity contribution in [1.82, 2.24) is 25.4 Å². The summed E-state index contributed by atoms with van der Waals surface area (Å²) >= 11 is 6.27. The number of nitrogens with zero attached hydrogens (tertiary/aromatic N) is 3. The molecule has 0 unspecified atom stereocenters. The van der Waals surface area contributed by atoms with Gasteiger partial charge in [-0.05, 0) is 31.2 Å². The van der Waals surface area contributed by atoms with Gasteiger partial charge in [0.15, 0.2) is 5.65 Å². The maximum atomic E-state index is 13.1. The SMILES string of the molecule is Cc1n[nH]c2nc(-c3ccc(O)cc3Cl)cc(C(=O)N3CCNCC3)c12. The molecular formula is C18H18ClN5O2. The van der Waals surface area contributed by atoms with Crippen LogP contribution in [0.3, 0.4) is 0 Å². The van der Waals surface area contributed by atoms with Crippen molar-refractivity contribution in [1.29, 1.82) is 0 Å². The van der Waals surface area contributed by atoms with Crippen LogP contribution in [-0.4, -0.2) is 57.3 Å². The zero-order valence-electron chi connectivity index (χ0n) is 14.2. The number of halogens is 1. The highest BCUT2D eigenvalue weighted by atomic mass is 35.5. The monoisotopic (exact) mass is 371 g/mol. The summed E-state index contributed by atoms with van der Waals surface area (Å²) in [6.07, 6.45) is 0. The summed E-state index contributed by atoms with van der Waals surface area (Å²) in [5, 5.41) is 21.0. The zero-order chi connectivity index (χ0) is 18.3. The van der Waals surface area contributed by atoms with Crippen LogP contribution in [0.15, 0.2) is 24.3 Å². The average Bonchev–Trinajstić information content (AvgIpc) is 3.02. The lowest BCUT2D eigenvalue weighted by Gasteiger charge is -2.27. The van der Waals surface area contributed by atoms with Crippen LogP contribution in [0, 0.1) is 6.92 Å². The first kappa shape index (κ1) is 16.8. The molecule has 3 aromatic rings. The molecule has 0 bridgehead atoms. The third-order valence-electron chi connectivity index (χ3n) is 4.57. The maximum Gasteiger partial charge on any atom is 0.254 e. The Morgan fingerprint density at radius 2 is 2.04 bits per heavy atom. The van der Waals surface area contributed by atoms with E-state index in [1.165, 1.54) is 6.07 Å². The van der Waals surface area contributed by atoms with Crippen molar-refractivity contribution in [3.05, 3.63) is 40.5 Å². The molecule has 0 atom stereocenters. The van der Waals surface area contributed by atoms with Crippen LogP contribution in [-0.2, 0) is 0 Å². The second kappa shape index (κ2) is 6.59. The number of aromatic amines is 1. The number of phenolic OH excluding ortho intramolecular Hbond substituents is 1. The van der Waals surface area contributed by atoms with Gasteiger partial charge >= 0.3 is 0 Å². The van der Waals surface area contributed by atoms with Crippen molar-refractivity contribution < 1.29 is 9.90 Å². The lowest BCUT2D eigenvalue weighted by molar-refractivity contribution is 0.0737. The molecule has 0 spiro atoms. The molecule has 0 radical (unpaired) electrons. The van der Waals surface area contributed by atoms with Crippen molar-refractivity contribution in [3.8, 4) is 17.0 Å². The highest BCUT2D eigenvalue weighted by Crippen LogP contribution is 2.32. The van der Waals surface area contributed by atoms with E-state index in [1.54, 1.807) is 18.2 Å². The van der Waals surface area contributed by atoms with E-state index in [9.17, 15) is 9.90 Å². The number of carbonyl (C=O) groups excluding carboxylic acids is 1. The van der Waals surface area contributed by atoms with Crippen molar-refractivity contribution in [3.63, 3.8) is 0 Å². The Morgan fingerprint density at radius 3 is 2.77 bits per heavy atom. The summed E-state index contributed by atoms with van der Waals surface area (Å²) < 4.78 is 0. The molecule has 134 valence electrons.